The summed E-state index contributed by atoms with van der Waals surface area (Å²) in [6, 6.07) is 9.98. The average Bonchev–Trinajstić information content (AvgIpc) is 2.91. The normalized spacial score (nSPS) is 11.5. The lowest BCUT2D eigenvalue weighted by Gasteiger charge is -2.11. The van der Waals surface area contributed by atoms with Crippen LogP contribution in [0.2, 0.25) is 5.02 Å². The highest BCUT2D eigenvalue weighted by Gasteiger charge is 2.16. The molecule has 0 aliphatic carbocycles. The number of aromatic nitrogens is 2. The summed E-state index contributed by atoms with van der Waals surface area (Å²) in [7, 11) is 1.98. The van der Waals surface area contributed by atoms with Crippen LogP contribution in [0.3, 0.4) is 0 Å². The summed E-state index contributed by atoms with van der Waals surface area (Å²) < 4.78 is 29.6. The van der Waals surface area contributed by atoms with Gasteiger partial charge in [0.1, 0.15) is 11.6 Å². The van der Waals surface area contributed by atoms with Crippen molar-refractivity contribution >= 4 is 33.4 Å². The molecule has 0 saturated carbocycles. The fraction of sp³-hybridized carbons (Fsp3) is 0.105. The van der Waals surface area contributed by atoms with Crippen molar-refractivity contribution in [3.8, 4) is 11.3 Å². The number of halogens is 3. The Morgan fingerprint density at radius 1 is 1.08 bits per heavy atom. The summed E-state index contributed by atoms with van der Waals surface area (Å²) in [5.41, 5.74) is 3.47. The van der Waals surface area contributed by atoms with Crippen molar-refractivity contribution in [2.24, 2.45) is 7.05 Å². The molecule has 2 aromatic carbocycles. The molecule has 120 valence electrons. The zero-order chi connectivity index (χ0) is 17.0. The van der Waals surface area contributed by atoms with Gasteiger partial charge in [0.2, 0.25) is 0 Å². The predicted molar refractivity (Wildman–Crippen MR) is 93.3 cm³/mol. The Morgan fingerprint density at radius 2 is 1.88 bits per heavy atom. The second-order valence-corrected chi connectivity index (χ2v) is 6.26. The van der Waals surface area contributed by atoms with E-state index >= 15 is 0 Å². The fourth-order valence-corrected chi connectivity index (χ4v) is 3.35. The van der Waals surface area contributed by atoms with E-state index in [1.165, 1.54) is 6.07 Å². The van der Waals surface area contributed by atoms with Crippen molar-refractivity contribution in [2.45, 2.75) is 6.92 Å². The minimum absolute atomic E-state index is 0.153. The van der Waals surface area contributed by atoms with Gasteiger partial charge in [-0.15, -0.1) is 0 Å². The summed E-state index contributed by atoms with van der Waals surface area (Å²) >= 11 is 6.35. The standard InChI is InChI=1S/C19H13ClF2N2/c1-10-18(20)17-14(22)8-13(21)9-15(17)23-19(10)12-3-4-16-11(7-12)5-6-24(16)2/h3-9H,1-2H3. The summed E-state index contributed by atoms with van der Waals surface area (Å²) in [4.78, 5) is 4.47. The summed E-state index contributed by atoms with van der Waals surface area (Å²) in [5, 5.41) is 1.48. The summed E-state index contributed by atoms with van der Waals surface area (Å²) in [6.07, 6.45) is 1.98. The predicted octanol–water partition coefficient (Wildman–Crippen LogP) is 5.63. The smallest absolute Gasteiger partial charge is 0.137 e. The van der Waals surface area contributed by atoms with Gasteiger partial charge in [0.15, 0.2) is 0 Å². The number of aryl methyl sites for hydroxylation is 1. The molecule has 0 bridgehead atoms. The Labute approximate surface area is 142 Å². The summed E-state index contributed by atoms with van der Waals surface area (Å²) in [5.74, 6) is -1.37. The Bertz CT molecular complexity index is 1120. The molecule has 4 aromatic rings. The topological polar surface area (TPSA) is 17.8 Å². The molecule has 2 aromatic heterocycles. The van der Waals surface area contributed by atoms with Crippen LogP contribution in [-0.4, -0.2) is 9.55 Å². The quantitative estimate of drug-likeness (QED) is 0.438. The highest BCUT2D eigenvalue weighted by Crippen LogP contribution is 2.35. The van der Waals surface area contributed by atoms with Gasteiger partial charge < -0.3 is 4.57 Å². The number of pyridine rings is 1. The molecule has 0 fully saturated rings. The minimum atomic E-state index is -0.698. The van der Waals surface area contributed by atoms with Gasteiger partial charge in [-0.05, 0) is 30.7 Å². The fourth-order valence-electron chi connectivity index (χ4n) is 3.07. The van der Waals surface area contributed by atoms with Crippen LogP contribution >= 0.6 is 11.6 Å². The van der Waals surface area contributed by atoms with Crippen molar-refractivity contribution in [3.63, 3.8) is 0 Å². The zero-order valence-electron chi connectivity index (χ0n) is 13.1. The summed E-state index contributed by atoms with van der Waals surface area (Å²) in [6.45, 7) is 1.79. The third-order valence-corrected chi connectivity index (χ3v) is 4.80. The highest BCUT2D eigenvalue weighted by molar-refractivity contribution is 6.36. The number of fused-ring (bicyclic) bond motifs is 2. The van der Waals surface area contributed by atoms with Gasteiger partial charge in [-0.2, -0.15) is 0 Å². The minimum Gasteiger partial charge on any atom is -0.351 e. The van der Waals surface area contributed by atoms with E-state index in [9.17, 15) is 8.78 Å². The first-order valence-corrected chi connectivity index (χ1v) is 7.84. The Kier molecular flexibility index (Phi) is 3.32. The maximum atomic E-state index is 14.1. The molecular weight excluding hydrogens is 330 g/mol. The third-order valence-electron chi connectivity index (χ3n) is 4.33. The number of hydrogen-bond acceptors (Lipinski definition) is 1. The van der Waals surface area contributed by atoms with Crippen LogP contribution in [0.5, 0.6) is 0 Å². The maximum Gasteiger partial charge on any atom is 0.137 e. The molecule has 0 aliphatic heterocycles. The number of hydrogen-bond donors (Lipinski definition) is 0. The number of rotatable bonds is 1. The van der Waals surface area contributed by atoms with E-state index in [2.05, 4.69) is 4.98 Å². The van der Waals surface area contributed by atoms with Crippen molar-refractivity contribution in [2.75, 3.05) is 0 Å². The molecule has 0 aliphatic rings. The monoisotopic (exact) mass is 342 g/mol. The van der Waals surface area contributed by atoms with E-state index in [0.29, 0.717) is 11.3 Å². The number of nitrogens with zero attached hydrogens (tertiary/aromatic N) is 2. The van der Waals surface area contributed by atoms with Crippen molar-refractivity contribution in [3.05, 3.63) is 64.8 Å². The third kappa shape index (κ3) is 2.18. The van der Waals surface area contributed by atoms with Crippen LogP contribution in [0, 0.1) is 18.6 Å². The molecule has 4 rings (SSSR count). The maximum absolute atomic E-state index is 14.1. The van der Waals surface area contributed by atoms with E-state index in [-0.39, 0.29) is 15.9 Å². The molecule has 2 nitrogen and oxygen atoms in total. The lowest BCUT2D eigenvalue weighted by Crippen LogP contribution is -1.95. The van der Waals surface area contributed by atoms with Crippen LogP contribution in [0.25, 0.3) is 33.1 Å². The second kappa shape index (κ2) is 5.28. The molecule has 0 unspecified atom stereocenters. The first kappa shape index (κ1) is 15.1. The molecule has 0 saturated heterocycles. The van der Waals surface area contributed by atoms with Crippen LogP contribution < -0.4 is 0 Å². The Morgan fingerprint density at radius 3 is 2.67 bits per heavy atom. The first-order chi connectivity index (χ1) is 11.5. The van der Waals surface area contributed by atoms with Crippen molar-refractivity contribution < 1.29 is 8.78 Å². The van der Waals surface area contributed by atoms with Crippen molar-refractivity contribution in [1.29, 1.82) is 0 Å². The molecule has 5 heteroatoms. The van der Waals surface area contributed by atoms with Gasteiger partial charge in [0.25, 0.3) is 0 Å². The largest absolute Gasteiger partial charge is 0.351 e. The van der Waals surface area contributed by atoms with E-state index in [1.807, 2.05) is 42.1 Å². The Balaban J connectivity index is 2.03. The average molecular weight is 343 g/mol. The van der Waals surface area contributed by atoms with Crippen LogP contribution in [0.1, 0.15) is 5.56 Å². The van der Waals surface area contributed by atoms with Crippen LogP contribution in [0.15, 0.2) is 42.6 Å². The lowest BCUT2D eigenvalue weighted by atomic mass is 10.0. The highest BCUT2D eigenvalue weighted by atomic mass is 35.5. The second-order valence-electron chi connectivity index (χ2n) is 5.88. The molecule has 0 spiro atoms. The number of benzene rings is 2. The first-order valence-electron chi connectivity index (χ1n) is 7.46. The van der Waals surface area contributed by atoms with E-state index in [0.717, 1.165) is 22.5 Å². The van der Waals surface area contributed by atoms with Crippen molar-refractivity contribution in [1.82, 2.24) is 9.55 Å². The lowest BCUT2D eigenvalue weighted by molar-refractivity contribution is 0.591. The molecule has 0 N–H and O–H groups in total. The van der Waals surface area contributed by atoms with Gasteiger partial charge in [-0.1, -0.05) is 17.7 Å². The molecule has 0 radical (unpaired) electrons. The van der Waals surface area contributed by atoms with E-state index < -0.39 is 11.6 Å². The van der Waals surface area contributed by atoms with Gasteiger partial charge in [0, 0.05) is 41.8 Å². The van der Waals surface area contributed by atoms with Gasteiger partial charge in [0.05, 0.1) is 21.6 Å². The molecular formula is C19H13ClF2N2. The van der Waals surface area contributed by atoms with Crippen LogP contribution in [0.4, 0.5) is 8.78 Å². The van der Waals surface area contributed by atoms with Gasteiger partial charge in [-0.3, -0.25) is 0 Å². The molecule has 0 atom stereocenters. The Hall–Kier alpha value is -2.46. The molecule has 0 amide bonds. The molecule has 2 heterocycles. The van der Waals surface area contributed by atoms with Gasteiger partial charge >= 0.3 is 0 Å². The van der Waals surface area contributed by atoms with Crippen LogP contribution in [-0.2, 0) is 7.05 Å². The van der Waals surface area contributed by atoms with E-state index in [1.54, 1.807) is 6.92 Å². The SMILES string of the molecule is Cc1c(-c2ccc3c(ccn3C)c2)nc2cc(F)cc(F)c2c1Cl. The molecule has 24 heavy (non-hydrogen) atoms. The van der Waals surface area contributed by atoms with E-state index in [4.69, 9.17) is 11.6 Å². The van der Waals surface area contributed by atoms with Gasteiger partial charge in [-0.25, -0.2) is 13.8 Å². The zero-order valence-corrected chi connectivity index (χ0v) is 13.8.